The number of benzene rings is 1. The average Bonchev–Trinajstić information content (AvgIpc) is 2.74. The van der Waals surface area contributed by atoms with Gasteiger partial charge in [0.2, 0.25) is 0 Å². The largest absolute Gasteiger partial charge is 0.487 e. The summed E-state index contributed by atoms with van der Waals surface area (Å²) in [6, 6.07) is 6.04. The first-order valence-corrected chi connectivity index (χ1v) is 8.39. The Balaban J connectivity index is 1.91. The smallest absolute Gasteiger partial charge is 0.261 e. The molecule has 2 heterocycles. The van der Waals surface area contributed by atoms with Crippen LogP contribution < -0.4 is 10.5 Å². The van der Waals surface area contributed by atoms with E-state index in [9.17, 15) is 4.79 Å². The molecule has 1 aromatic carbocycles. The number of aliphatic imine (C=N–C) groups is 1. The molecule has 0 aromatic heterocycles. The van der Waals surface area contributed by atoms with E-state index in [4.69, 9.17) is 10.5 Å². The lowest BCUT2D eigenvalue weighted by atomic mass is 9.70. The molecule has 1 unspecified atom stereocenters. The first-order chi connectivity index (χ1) is 11.0. The van der Waals surface area contributed by atoms with Crippen molar-refractivity contribution >= 4 is 11.9 Å². The van der Waals surface area contributed by atoms with Gasteiger partial charge in [0.15, 0.2) is 11.5 Å². The third-order valence-corrected chi connectivity index (χ3v) is 5.56. The molecule has 0 bridgehead atoms. The number of carbonyl (C=O) groups is 1. The van der Waals surface area contributed by atoms with E-state index in [1.54, 1.807) is 7.05 Å². The summed E-state index contributed by atoms with van der Waals surface area (Å²) in [6.45, 7) is 2.02. The van der Waals surface area contributed by atoms with E-state index in [2.05, 4.69) is 4.99 Å². The van der Waals surface area contributed by atoms with E-state index in [0.29, 0.717) is 12.4 Å². The minimum absolute atomic E-state index is 0.0323. The minimum atomic E-state index is -0.907. The van der Waals surface area contributed by atoms with Crippen molar-refractivity contribution < 1.29 is 9.53 Å². The fraction of sp³-hybridized carbons (Fsp3) is 0.556. The van der Waals surface area contributed by atoms with Gasteiger partial charge in [0.1, 0.15) is 11.4 Å². The molecular formula is C18H23N3O2. The minimum Gasteiger partial charge on any atom is -0.487 e. The predicted molar refractivity (Wildman–Crippen MR) is 88.3 cm³/mol. The van der Waals surface area contributed by atoms with Crippen LogP contribution in [0.25, 0.3) is 0 Å². The molecule has 2 aliphatic heterocycles. The Morgan fingerprint density at radius 2 is 2.00 bits per heavy atom. The lowest BCUT2D eigenvalue weighted by Gasteiger charge is -2.47. The van der Waals surface area contributed by atoms with Crippen LogP contribution in [0.1, 0.15) is 49.7 Å². The van der Waals surface area contributed by atoms with Crippen molar-refractivity contribution in [1.29, 1.82) is 0 Å². The van der Waals surface area contributed by atoms with Gasteiger partial charge in [-0.05, 0) is 44.7 Å². The van der Waals surface area contributed by atoms with E-state index in [1.807, 2.05) is 25.1 Å². The van der Waals surface area contributed by atoms with E-state index in [-0.39, 0.29) is 11.5 Å². The number of likely N-dealkylation sites (N-methyl/N-ethyl adjacent to an activating group) is 1. The van der Waals surface area contributed by atoms with Crippen LogP contribution in [0, 0.1) is 6.92 Å². The Hall–Kier alpha value is -2.04. The number of fused-ring (bicyclic) bond motifs is 2. The van der Waals surface area contributed by atoms with E-state index in [0.717, 1.165) is 42.6 Å². The molecule has 4 rings (SSSR count). The summed E-state index contributed by atoms with van der Waals surface area (Å²) >= 11 is 0. The molecule has 1 aliphatic carbocycles. The summed E-state index contributed by atoms with van der Waals surface area (Å²) in [6.07, 6.45) is 6.07. The number of rotatable bonds is 0. The highest BCUT2D eigenvalue weighted by molar-refractivity contribution is 6.07. The molecule has 2 N–H and O–H groups in total. The summed E-state index contributed by atoms with van der Waals surface area (Å²) in [7, 11) is 1.70. The molecule has 0 radical (unpaired) electrons. The molecule has 122 valence electrons. The summed E-state index contributed by atoms with van der Waals surface area (Å²) in [5.74, 6) is 1.06. The van der Waals surface area contributed by atoms with Gasteiger partial charge < -0.3 is 10.5 Å². The lowest BCUT2D eigenvalue weighted by Crippen LogP contribution is -2.52. The quantitative estimate of drug-likeness (QED) is 0.800. The molecular weight excluding hydrogens is 290 g/mol. The molecule has 0 saturated heterocycles. The van der Waals surface area contributed by atoms with Gasteiger partial charge in [-0.3, -0.25) is 9.69 Å². The number of hydrogen-bond donors (Lipinski definition) is 1. The normalized spacial score (nSPS) is 28.7. The number of ether oxygens (including phenoxy) is 1. The standard InChI is InChI=1S/C18H23N3O2/c1-12-6-7-14-13(10-12)18(15(22)21(2)16(19)20-18)11-17(23-14)8-4-3-5-9-17/h6-7,10H,3-5,8-9,11H2,1-2H3,(H2,19,20). The number of carbonyl (C=O) groups excluding carboxylic acids is 1. The van der Waals surface area contributed by atoms with Gasteiger partial charge in [-0.25, -0.2) is 4.99 Å². The van der Waals surface area contributed by atoms with Crippen LogP contribution in [-0.4, -0.2) is 29.4 Å². The molecule has 1 fully saturated rings. The zero-order chi connectivity index (χ0) is 16.2. The average molecular weight is 313 g/mol. The molecule has 3 aliphatic rings. The van der Waals surface area contributed by atoms with Gasteiger partial charge in [-0.1, -0.05) is 18.1 Å². The van der Waals surface area contributed by atoms with Crippen LogP contribution >= 0.6 is 0 Å². The Morgan fingerprint density at radius 3 is 2.65 bits per heavy atom. The monoisotopic (exact) mass is 313 g/mol. The number of guanidine groups is 1. The molecule has 1 atom stereocenters. The first-order valence-electron chi connectivity index (χ1n) is 8.39. The van der Waals surface area contributed by atoms with Crippen molar-refractivity contribution in [2.45, 2.75) is 56.6 Å². The van der Waals surface area contributed by atoms with Gasteiger partial charge in [0.05, 0.1) is 0 Å². The number of aryl methyl sites for hydroxylation is 1. The lowest BCUT2D eigenvalue weighted by molar-refractivity contribution is -0.135. The predicted octanol–water partition coefficient (Wildman–Crippen LogP) is 2.46. The molecule has 2 spiro atoms. The third kappa shape index (κ3) is 1.98. The van der Waals surface area contributed by atoms with Gasteiger partial charge >= 0.3 is 0 Å². The second-order valence-electron chi connectivity index (χ2n) is 7.22. The highest BCUT2D eigenvalue weighted by Crippen LogP contribution is 2.52. The maximum absolute atomic E-state index is 13.1. The highest BCUT2D eigenvalue weighted by Gasteiger charge is 2.57. The molecule has 1 aromatic rings. The zero-order valence-electron chi connectivity index (χ0n) is 13.8. The van der Waals surface area contributed by atoms with Crippen molar-refractivity contribution in [3.8, 4) is 5.75 Å². The van der Waals surface area contributed by atoms with Crippen LogP contribution in [0.2, 0.25) is 0 Å². The van der Waals surface area contributed by atoms with E-state index < -0.39 is 5.54 Å². The molecule has 5 heteroatoms. The van der Waals surface area contributed by atoms with Gasteiger partial charge in [-0.15, -0.1) is 0 Å². The van der Waals surface area contributed by atoms with Crippen molar-refractivity contribution in [2.75, 3.05) is 7.05 Å². The van der Waals surface area contributed by atoms with Gasteiger partial charge in [0.25, 0.3) is 5.91 Å². The maximum Gasteiger partial charge on any atom is 0.261 e. The Kier molecular flexibility index (Phi) is 2.99. The van der Waals surface area contributed by atoms with E-state index in [1.165, 1.54) is 11.3 Å². The Bertz CT molecular complexity index is 706. The molecule has 1 amide bonds. The fourth-order valence-corrected chi connectivity index (χ4v) is 4.35. The second-order valence-corrected chi connectivity index (χ2v) is 7.22. The molecule has 23 heavy (non-hydrogen) atoms. The second kappa shape index (κ2) is 4.73. The molecule has 5 nitrogen and oxygen atoms in total. The first kappa shape index (κ1) is 14.5. The van der Waals surface area contributed by atoms with Crippen LogP contribution in [0.15, 0.2) is 23.2 Å². The number of amides is 1. The number of nitrogens with zero attached hydrogens (tertiary/aromatic N) is 2. The highest BCUT2D eigenvalue weighted by atomic mass is 16.5. The van der Waals surface area contributed by atoms with Crippen LogP contribution in [-0.2, 0) is 10.3 Å². The van der Waals surface area contributed by atoms with Crippen LogP contribution in [0.3, 0.4) is 0 Å². The Labute approximate surface area is 136 Å². The summed E-state index contributed by atoms with van der Waals surface area (Å²) in [4.78, 5) is 19.2. The number of nitrogens with two attached hydrogens (primary N) is 1. The maximum atomic E-state index is 13.1. The van der Waals surface area contributed by atoms with Crippen LogP contribution in [0.4, 0.5) is 0 Å². The van der Waals surface area contributed by atoms with Crippen LogP contribution in [0.5, 0.6) is 5.75 Å². The summed E-state index contributed by atoms with van der Waals surface area (Å²) < 4.78 is 6.44. The third-order valence-electron chi connectivity index (χ3n) is 5.56. The van der Waals surface area contributed by atoms with Crippen molar-refractivity contribution in [3.63, 3.8) is 0 Å². The van der Waals surface area contributed by atoms with E-state index >= 15 is 0 Å². The SMILES string of the molecule is Cc1ccc2c(c1)C1(CC3(CCCCC3)O2)N=C(N)N(C)C1=O. The summed E-state index contributed by atoms with van der Waals surface area (Å²) in [5.41, 5.74) is 6.77. The molecule has 1 saturated carbocycles. The van der Waals surface area contributed by atoms with Gasteiger partial charge in [-0.2, -0.15) is 0 Å². The Morgan fingerprint density at radius 1 is 1.26 bits per heavy atom. The van der Waals surface area contributed by atoms with Crippen molar-refractivity contribution in [1.82, 2.24) is 4.90 Å². The van der Waals surface area contributed by atoms with Crippen molar-refractivity contribution in [2.24, 2.45) is 10.7 Å². The van der Waals surface area contributed by atoms with Crippen molar-refractivity contribution in [3.05, 3.63) is 29.3 Å². The summed E-state index contributed by atoms with van der Waals surface area (Å²) in [5, 5.41) is 0. The fourth-order valence-electron chi connectivity index (χ4n) is 4.35. The number of hydrogen-bond acceptors (Lipinski definition) is 4. The topological polar surface area (TPSA) is 67.9 Å². The van der Waals surface area contributed by atoms with Gasteiger partial charge in [0, 0.05) is 19.0 Å². The zero-order valence-corrected chi connectivity index (χ0v) is 13.8.